The van der Waals surface area contributed by atoms with Crippen LogP contribution in [-0.4, -0.2) is 24.9 Å². The quantitative estimate of drug-likeness (QED) is 0.731. The third-order valence-electron chi connectivity index (χ3n) is 2.07. The lowest BCUT2D eigenvalue weighted by Crippen LogP contribution is -2.18. The third kappa shape index (κ3) is 3.94. The molecule has 0 aromatic heterocycles. The SMILES string of the molecule is CN(C)C(=O)/C=C/c1cccc(C(F)(F)F)c1. The first-order chi connectivity index (χ1) is 7.80. The molecule has 0 bridgehead atoms. The number of halogens is 3. The van der Waals surface area contributed by atoms with Crippen LogP contribution in [0.5, 0.6) is 0 Å². The van der Waals surface area contributed by atoms with Crippen LogP contribution in [-0.2, 0) is 11.0 Å². The Labute approximate surface area is 97.3 Å². The number of amides is 1. The Hall–Kier alpha value is -1.78. The molecule has 92 valence electrons. The standard InChI is InChI=1S/C12H12F3NO/c1-16(2)11(17)7-6-9-4-3-5-10(8-9)12(13,14)15/h3-8H,1-2H3/b7-6+. The highest BCUT2D eigenvalue weighted by molar-refractivity contribution is 5.91. The average Bonchev–Trinajstić information content (AvgIpc) is 2.25. The molecule has 0 saturated carbocycles. The van der Waals surface area contributed by atoms with Crippen LogP contribution < -0.4 is 0 Å². The Kier molecular flexibility index (Phi) is 3.93. The van der Waals surface area contributed by atoms with Crippen LogP contribution in [0.25, 0.3) is 6.08 Å². The number of hydrogen-bond donors (Lipinski definition) is 0. The summed E-state index contributed by atoms with van der Waals surface area (Å²) < 4.78 is 37.2. The van der Waals surface area contributed by atoms with Gasteiger partial charge in [-0.15, -0.1) is 0 Å². The second-order valence-electron chi connectivity index (χ2n) is 3.69. The minimum Gasteiger partial charge on any atom is -0.345 e. The van der Waals surface area contributed by atoms with E-state index < -0.39 is 11.7 Å². The minimum absolute atomic E-state index is 0.276. The van der Waals surface area contributed by atoms with Gasteiger partial charge in [-0.2, -0.15) is 13.2 Å². The maximum Gasteiger partial charge on any atom is 0.416 e. The number of rotatable bonds is 2. The van der Waals surface area contributed by atoms with Gasteiger partial charge >= 0.3 is 6.18 Å². The van der Waals surface area contributed by atoms with Gasteiger partial charge in [0.1, 0.15) is 0 Å². The second kappa shape index (κ2) is 5.03. The molecule has 2 nitrogen and oxygen atoms in total. The molecule has 0 fully saturated rings. The molecule has 0 aliphatic rings. The fourth-order valence-corrected chi connectivity index (χ4v) is 1.14. The average molecular weight is 243 g/mol. The number of likely N-dealkylation sites (N-methyl/N-ethyl adjacent to an activating group) is 1. The molecule has 0 unspecified atom stereocenters. The van der Waals surface area contributed by atoms with Gasteiger partial charge < -0.3 is 4.90 Å². The van der Waals surface area contributed by atoms with Crippen molar-refractivity contribution >= 4 is 12.0 Å². The summed E-state index contributed by atoms with van der Waals surface area (Å²) >= 11 is 0. The molecule has 0 spiro atoms. The molecule has 5 heteroatoms. The normalized spacial score (nSPS) is 11.8. The molecule has 1 aromatic rings. The van der Waals surface area contributed by atoms with Crippen molar-refractivity contribution in [3.63, 3.8) is 0 Å². The van der Waals surface area contributed by atoms with E-state index in [9.17, 15) is 18.0 Å². The summed E-state index contributed by atoms with van der Waals surface area (Å²) in [6.07, 6.45) is -1.78. The van der Waals surface area contributed by atoms with E-state index in [1.165, 1.54) is 29.2 Å². The number of carbonyl (C=O) groups is 1. The molecule has 0 N–H and O–H groups in total. The predicted molar refractivity (Wildman–Crippen MR) is 59.2 cm³/mol. The van der Waals surface area contributed by atoms with Gasteiger partial charge in [-0.1, -0.05) is 12.1 Å². The Morgan fingerprint density at radius 3 is 2.47 bits per heavy atom. The molecular weight excluding hydrogens is 231 g/mol. The zero-order valence-corrected chi connectivity index (χ0v) is 9.45. The van der Waals surface area contributed by atoms with E-state index in [2.05, 4.69) is 0 Å². The lowest BCUT2D eigenvalue weighted by atomic mass is 10.1. The number of alkyl halides is 3. The molecule has 17 heavy (non-hydrogen) atoms. The summed E-state index contributed by atoms with van der Waals surface area (Å²) in [5.41, 5.74) is -0.382. The van der Waals surface area contributed by atoms with E-state index in [1.54, 1.807) is 14.1 Å². The minimum atomic E-state index is -4.37. The van der Waals surface area contributed by atoms with E-state index in [4.69, 9.17) is 0 Å². The smallest absolute Gasteiger partial charge is 0.345 e. The maximum absolute atomic E-state index is 12.4. The molecule has 0 atom stereocenters. The largest absolute Gasteiger partial charge is 0.416 e. The number of carbonyl (C=O) groups excluding carboxylic acids is 1. The van der Waals surface area contributed by atoms with E-state index in [1.807, 2.05) is 0 Å². The summed E-state index contributed by atoms with van der Waals surface area (Å²) in [6, 6.07) is 4.81. The third-order valence-corrected chi connectivity index (χ3v) is 2.07. The van der Waals surface area contributed by atoms with E-state index in [-0.39, 0.29) is 5.91 Å². The number of nitrogens with zero attached hydrogens (tertiary/aromatic N) is 1. The Morgan fingerprint density at radius 2 is 1.94 bits per heavy atom. The van der Waals surface area contributed by atoms with Crippen molar-refractivity contribution in [2.75, 3.05) is 14.1 Å². The van der Waals surface area contributed by atoms with Gasteiger partial charge in [-0.05, 0) is 23.8 Å². The van der Waals surface area contributed by atoms with Gasteiger partial charge in [0.25, 0.3) is 0 Å². The van der Waals surface area contributed by atoms with Gasteiger partial charge in [0, 0.05) is 20.2 Å². The first-order valence-corrected chi connectivity index (χ1v) is 4.87. The number of hydrogen-bond acceptors (Lipinski definition) is 1. The molecule has 0 heterocycles. The van der Waals surface area contributed by atoms with Gasteiger partial charge in [-0.3, -0.25) is 4.79 Å². The Bertz CT molecular complexity index is 436. The molecule has 0 saturated heterocycles. The molecular formula is C12H12F3NO. The highest BCUT2D eigenvalue weighted by Gasteiger charge is 2.30. The highest BCUT2D eigenvalue weighted by Crippen LogP contribution is 2.29. The lowest BCUT2D eigenvalue weighted by Gasteiger charge is -2.07. The van der Waals surface area contributed by atoms with Crippen LogP contribution in [0, 0.1) is 0 Å². The van der Waals surface area contributed by atoms with E-state index in [0.29, 0.717) is 5.56 Å². The zero-order valence-electron chi connectivity index (χ0n) is 9.45. The zero-order chi connectivity index (χ0) is 13.1. The van der Waals surface area contributed by atoms with Crippen molar-refractivity contribution in [2.45, 2.75) is 6.18 Å². The van der Waals surface area contributed by atoms with Crippen molar-refractivity contribution in [2.24, 2.45) is 0 Å². The van der Waals surface area contributed by atoms with Crippen LogP contribution in [0.15, 0.2) is 30.3 Å². The molecule has 1 rings (SSSR count). The molecule has 1 aromatic carbocycles. The summed E-state index contributed by atoms with van der Waals surface area (Å²) in [5.74, 6) is -0.276. The van der Waals surface area contributed by atoms with Crippen LogP contribution >= 0.6 is 0 Å². The molecule has 0 radical (unpaired) electrons. The summed E-state index contributed by atoms with van der Waals surface area (Å²) in [4.78, 5) is 12.6. The van der Waals surface area contributed by atoms with Crippen LogP contribution in [0.2, 0.25) is 0 Å². The van der Waals surface area contributed by atoms with Gasteiger partial charge in [-0.25, -0.2) is 0 Å². The highest BCUT2D eigenvalue weighted by atomic mass is 19.4. The first kappa shape index (κ1) is 13.3. The van der Waals surface area contributed by atoms with Gasteiger partial charge in [0.05, 0.1) is 5.56 Å². The van der Waals surface area contributed by atoms with E-state index >= 15 is 0 Å². The maximum atomic E-state index is 12.4. The van der Waals surface area contributed by atoms with Crippen LogP contribution in [0.1, 0.15) is 11.1 Å². The first-order valence-electron chi connectivity index (χ1n) is 4.87. The van der Waals surface area contributed by atoms with Crippen molar-refractivity contribution in [3.8, 4) is 0 Å². The Morgan fingerprint density at radius 1 is 1.29 bits per heavy atom. The van der Waals surface area contributed by atoms with Gasteiger partial charge in [0.2, 0.25) is 5.91 Å². The Balaban J connectivity index is 2.90. The second-order valence-corrected chi connectivity index (χ2v) is 3.69. The summed E-state index contributed by atoms with van der Waals surface area (Å²) in [5, 5.41) is 0. The van der Waals surface area contributed by atoms with Crippen molar-refractivity contribution < 1.29 is 18.0 Å². The number of benzene rings is 1. The van der Waals surface area contributed by atoms with Gasteiger partial charge in [0.15, 0.2) is 0 Å². The topological polar surface area (TPSA) is 20.3 Å². The summed E-state index contributed by atoms with van der Waals surface area (Å²) in [7, 11) is 3.14. The molecule has 0 aliphatic carbocycles. The molecule has 1 amide bonds. The fourth-order valence-electron chi connectivity index (χ4n) is 1.14. The lowest BCUT2D eigenvalue weighted by molar-refractivity contribution is -0.137. The van der Waals surface area contributed by atoms with E-state index in [0.717, 1.165) is 12.1 Å². The van der Waals surface area contributed by atoms with Crippen molar-refractivity contribution in [1.29, 1.82) is 0 Å². The summed E-state index contributed by atoms with van der Waals surface area (Å²) in [6.45, 7) is 0. The van der Waals surface area contributed by atoms with Crippen molar-refractivity contribution in [3.05, 3.63) is 41.5 Å². The van der Waals surface area contributed by atoms with Crippen LogP contribution in [0.4, 0.5) is 13.2 Å². The van der Waals surface area contributed by atoms with Crippen molar-refractivity contribution in [1.82, 2.24) is 4.90 Å². The monoisotopic (exact) mass is 243 g/mol. The predicted octanol–water partition coefficient (Wildman–Crippen LogP) is 2.81. The van der Waals surface area contributed by atoms with Crippen LogP contribution in [0.3, 0.4) is 0 Å². The fraction of sp³-hybridized carbons (Fsp3) is 0.250. The molecule has 0 aliphatic heterocycles.